The number of rotatable bonds is 2. The predicted octanol–water partition coefficient (Wildman–Crippen LogP) is 4.43. The van der Waals surface area contributed by atoms with Crippen molar-refractivity contribution in [2.75, 3.05) is 5.32 Å². The maximum absolute atomic E-state index is 12.5. The molecule has 1 aromatic rings. The smallest absolute Gasteiger partial charge is 0.381 e. The maximum atomic E-state index is 12.5. The van der Waals surface area contributed by atoms with Crippen LogP contribution < -0.4 is 5.32 Å². The molecule has 1 aliphatic carbocycles. The van der Waals surface area contributed by atoms with Gasteiger partial charge >= 0.3 is 6.18 Å². The predicted molar refractivity (Wildman–Crippen MR) is 60.4 cm³/mol. The first-order valence-corrected chi connectivity index (χ1v) is 5.89. The van der Waals surface area contributed by atoms with Gasteiger partial charge in [-0.1, -0.05) is 0 Å². The first-order chi connectivity index (χ1) is 7.47. The van der Waals surface area contributed by atoms with Gasteiger partial charge in [0.25, 0.3) is 0 Å². The molecule has 0 aliphatic heterocycles. The van der Waals surface area contributed by atoms with Crippen LogP contribution in [0.25, 0.3) is 0 Å². The van der Waals surface area contributed by atoms with Crippen molar-refractivity contribution in [2.24, 2.45) is 0 Å². The molecular weight excluding hydrogens is 283 g/mol. The van der Waals surface area contributed by atoms with E-state index in [1.807, 2.05) is 0 Å². The molecule has 0 bridgehead atoms. The molecular formula is C11H11BrF3N. The summed E-state index contributed by atoms with van der Waals surface area (Å²) >= 11 is 3.25. The van der Waals surface area contributed by atoms with Gasteiger partial charge in [-0.25, -0.2) is 0 Å². The molecule has 1 aromatic carbocycles. The van der Waals surface area contributed by atoms with Crippen LogP contribution in [0, 0.1) is 0 Å². The Morgan fingerprint density at radius 2 is 1.94 bits per heavy atom. The molecule has 0 amide bonds. The highest BCUT2D eigenvalue weighted by Crippen LogP contribution is 2.35. The monoisotopic (exact) mass is 293 g/mol. The molecule has 1 aliphatic rings. The summed E-state index contributed by atoms with van der Waals surface area (Å²) in [4.78, 5) is 0. The molecule has 5 heteroatoms. The van der Waals surface area contributed by atoms with Crippen LogP contribution in [0.2, 0.25) is 0 Å². The second-order valence-electron chi connectivity index (χ2n) is 3.96. The molecule has 0 radical (unpaired) electrons. The van der Waals surface area contributed by atoms with Gasteiger partial charge in [0.2, 0.25) is 0 Å². The standard InChI is InChI=1S/C11H11BrF3N/c12-9-5-4-7(11(13,14)15)6-10(9)16-8-2-1-3-8/h4-6,8,16H,1-3H2. The summed E-state index contributed by atoms with van der Waals surface area (Å²) in [6, 6.07) is 3.99. The van der Waals surface area contributed by atoms with Crippen molar-refractivity contribution in [3.63, 3.8) is 0 Å². The Balaban J connectivity index is 2.21. The van der Waals surface area contributed by atoms with Crippen LogP contribution >= 0.6 is 15.9 Å². The van der Waals surface area contributed by atoms with E-state index < -0.39 is 11.7 Å². The highest BCUT2D eigenvalue weighted by molar-refractivity contribution is 9.10. The second kappa shape index (κ2) is 4.28. The number of benzene rings is 1. The number of alkyl halides is 3. The quantitative estimate of drug-likeness (QED) is 0.850. The van der Waals surface area contributed by atoms with Crippen molar-refractivity contribution < 1.29 is 13.2 Å². The zero-order chi connectivity index (χ0) is 11.8. The number of hydrogen-bond donors (Lipinski definition) is 1. The average molecular weight is 294 g/mol. The maximum Gasteiger partial charge on any atom is 0.416 e. The molecule has 16 heavy (non-hydrogen) atoms. The van der Waals surface area contributed by atoms with Gasteiger partial charge in [-0.15, -0.1) is 0 Å². The van der Waals surface area contributed by atoms with Gasteiger partial charge in [0.1, 0.15) is 0 Å². The van der Waals surface area contributed by atoms with Crippen LogP contribution in [0.5, 0.6) is 0 Å². The van der Waals surface area contributed by atoms with E-state index in [0.29, 0.717) is 16.2 Å². The lowest BCUT2D eigenvalue weighted by Gasteiger charge is -2.28. The SMILES string of the molecule is FC(F)(F)c1ccc(Br)c(NC2CCC2)c1. The second-order valence-corrected chi connectivity index (χ2v) is 4.82. The van der Waals surface area contributed by atoms with E-state index in [2.05, 4.69) is 21.2 Å². The first-order valence-electron chi connectivity index (χ1n) is 5.10. The van der Waals surface area contributed by atoms with Crippen LogP contribution in [0.1, 0.15) is 24.8 Å². The van der Waals surface area contributed by atoms with E-state index in [9.17, 15) is 13.2 Å². The summed E-state index contributed by atoms with van der Waals surface area (Å²) in [7, 11) is 0. The van der Waals surface area contributed by atoms with Crippen LogP contribution in [0.3, 0.4) is 0 Å². The van der Waals surface area contributed by atoms with Crippen molar-refractivity contribution in [1.29, 1.82) is 0 Å². The fraction of sp³-hybridized carbons (Fsp3) is 0.455. The third-order valence-corrected chi connectivity index (χ3v) is 3.45. The van der Waals surface area contributed by atoms with E-state index >= 15 is 0 Å². The fourth-order valence-electron chi connectivity index (χ4n) is 1.58. The zero-order valence-corrected chi connectivity index (χ0v) is 10.0. The lowest BCUT2D eigenvalue weighted by atomic mass is 9.93. The fourth-order valence-corrected chi connectivity index (χ4v) is 1.95. The molecule has 0 atom stereocenters. The number of hydrogen-bond acceptors (Lipinski definition) is 1. The molecule has 0 aromatic heterocycles. The topological polar surface area (TPSA) is 12.0 Å². The van der Waals surface area contributed by atoms with E-state index in [-0.39, 0.29) is 0 Å². The minimum atomic E-state index is -4.28. The summed E-state index contributed by atoms with van der Waals surface area (Å²) in [6.07, 6.45) is -1.07. The molecule has 1 fully saturated rings. The average Bonchev–Trinajstić information content (AvgIpc) is 2.11. The van der Waals surface area contributed by atoms with Crippen LogP contribution in [0.15, 0.2) is 22.7 Å². The molecule has 88 valence electrons. The van der Waals surface area contributed by atoms with Crippen LogP contribution in [-0.4, -0.2) is 6.04 Å². The highest BCUT2D eigenvalue weighted by atomic mass is 79.9. The third-order valence-electron chi connectivity index (χ3n) is 2.76. The Bertz CT molecular complexity index is 385. The minimum Gasteiger partial charge on any atom is -0.381 e. The van der Waals surface area contributed by atoms with Crippen molar-refractivity contribution in [1.82, 2.24) is 0 Å². The summed E-state index contributed by atoms with van der Waals surface area (Å²) in [5.41, 5.74) is -0.0861. The molecule has 1 N–H and O–H groups in total. The number of halogens is 4. The minimum absolute atomic E-state index is 0.319. The number of nitrogens with one attached hydrogen (secondary N) is 1. The molecule has 0 heterocycles. The Labute approximate surface area is 100 Å². The van der Waals surface area contributed by atoms with Gasteiger partial charge < -0.3 is 5.32 Å². The molecule has 0 saturated heterocycles. The highest BCUT2D eigenvalue weighted by Gasteiger charge is 2.31. The van der Waals surface area contributed by atoms with Gasteiger partial charge in [-0.05, 0) is 53.4 Å². The van der Waals surface area contributed by atoms with E-state index in [4.69, 9.17) is 0 Å². The summed E-state index contributed by atoms with van der Waals surface area (Å²) in [6.45, 7) is 0. The van der Waals surface area contributed by atoms with Gasteiger partial charge in [0, 0.05) is 16.2 Å². The summed E-state index contributed by atoms with van der Waals surface area (Å²) < 4.78 is 38.1. The van der Waals surface area contributed by atoms with E-state index in [0.717, 1.165) is 31.4 Å². The Kier molecular flexibility index (Phi) is 3.15. The largest absolute Gasteiger partial charge is 0.416 e. The number of anilines is 1. The Hall–Kier alpha value is -0.710. The Morgan fingerprint density at radius 3 is 2.44 bits per heavy atom. The summed E-state index contributed by atoms with van der Waals surface area (Å²) in [5, 5.41) is 3.11. The first kappa shape index (κ1) is 11.8. The van der Waals surface area contributed by atoms with Gasteiger partial charge in [0.15, 0.2) is 0 Å². The molecule has 1 nitrogen and oxygen atoms in total. The molecule has 1 saturated carbocycles. The van der Waals surface area contributed by atoms with Crippen molar-refractivity contribution in [3.8, 4) is 0 Å². The van der Waals surface area contributed by atoms with Crippen LogP contribution in [-0.2, 0) is 6.18 Å². The van der Waals surface area contributed by atoms with E-state index in [1.165, 1.54) is 6.07 Å². The van der Waals surface area contributed by atoms with E-state index in [1.54, 1.807) is 0 Å². The van der Waals surface area contributed by atoms with Gasteiger partial charge in [0.05, 0.1) is 5.56 Å². The van der Waals surface area contributed by atoms with Gasteiger partial charge in [-0.2, -0.15) is 13.2 Å². The summed E-state index contributed by atoms with van der Waals surface area (Å²) in [5.74, 6) is 0. The lowest BCUT2D eigenvalue weighted by Crippen LogP contribution is -2.27. The molecule has 0 spiro atoms. The van der Waals surface area contributed by atoms with Crippen molar-refractivity contribution in [3.05, 3.63) is 28.2 Å². The zero-order valence-electron chi connectivity index (χ0n) is 8.44. The van der Waals surface area contributed by atoms with Crippen molar-refractivity contribution in [2.45, 2.75) is 31.5 Å². The third kappa shape index (κ3) is 2.51. The molecule has 2 rings (SSSR count). The van der Waals surface area contributed by atoms with Gasteiger partial charge in [-0.3, -0.25) is 0 Å². The van der Waals surface area contributed by atoms with Crippen LogP contribution in [0.4, 0.5) is 18.9 Å². The molecule has 0 unspecified atom stereocenters. The van der Waals surface area contributed by atoms with Crippen molar-refractivity contribution >= 4 is 21.6 Å². The Morgan fingerprint density at radius 1 is 1.25 bits per heavy atom. The normalized spacial score (nSPS) is 17.0. The lowest BCUT2D eigenvalue weighted by molar-refractivity contribution is -0.137.